The van der Waals surface area contributed by atoms with Gasteiger partial charge in [-0.3, -0.25) is 0 Å². The molecule has 0 bridgehead atoms. The third kappa shape index (κ3) is 6.13. The van der Waals surface area contributed by atoms with E-state index in [-0.39, 0.29) is 21.7 Å². The van der Waals surface area contributed by atoms with Crippen molar-refractivity contribution in [3.63, 3.8) is 0 Å². The molecule has 354 valence electrons. The fourth-order valence-electron chi connectivity index (χ4n) is 15.7. The van der Waals surface area contributed by atoms with Crippen LogP contribution in [-0.2, 0) is 31.1 Å². The zero-order chi connectivity index (χ0) is 47.8. The number of rotatable bonds is 5. The Kier molecular flexibility index (Phi) is 9.72. The summed E-state index contributed by atoms with van der Waals surface area (Å²) in [7, 11) is 0. The molecule has 16 rings (SSSR count). The summed E-state index contributed by atoms with van der Waals surface area (Å²) in [4.78, 5) is 2.85. The van der Waals surface area contributed by atoms with Crippen LogP contribution in [0.25, 0.3) is 33.2 Å². The number of hydrogen-bond donors (Lipinski definition) is 0. The Labute approximate surface area is 436 Å². The first-order valence-electron chi connectivity index (χ1n) is 27.6. The van der Waals surface area contributed by atoms with Crippen LogP contribution >= 0.6 is 0 Å². The fraction of sp³-hybridized carbons (Fsp3) is 0.235. The van der Waals surface area contributed by atoms with Gasteiger partial charge >= 0.3 is 439 Å². The van der Waals surface area contributed by atoms with E-state index in [4.69, 9.17) is 0 Å². The standard InChI is InChI=1S/C68H58BN3Se/c1-4-20-44(21-5-1)68(45-22-6-2-7-23-45)55-40-46(70-59-31-15-10-25-50(59)51-26-11-16-32-60(51)70)36-38-57(55)69-58-39-37-47(71-61-33-17-12-27-52(61)53-28-13-18-34-62(53)71)42-65(58)73-66-43-48(41-56(68)67(66)69)72-63-30-9-3-8-24-49(63)54-29-14-19-35-64(54)72/h1-2,4-7,10,12,14-15,17,19-23,25,27,29,31,33,35-43,49,63H,3,8-9,11,13,16,18,24,26,28,30,32,34H2. The van der Waals surface area contributed by atoms with Crippen LogP contribution in [-0.4, -0.2) is 36.8 Å². The molecular formula is C68H58BN3Se. The van der Waals surface area contributed by atoms with E-state index < -0.39 is 5.41 Å². The van der Waals surface area contributed by atoms with Crippen LogP contribution in [0, 0.1) is 0 Å². The van der Waals surface area contributed by atoms with E-state index in [1.807, 2.05) is 0 Å². The van der Waals surface area contributed by atoms with Gasteiger partial charge in [-0.15, -0.1) is 0 Å². The predicted octanol–water partition coefficient (Wildman–Crippen LogP) is 12.1. The normalized spacial score (nSPS) is 19.1. The molecule has 0 spiro atoms. The van der Waals surface area contributed by atoms with E-state index >= 15 is 0 Å². The summed E-state index contributed by atoms with van der Waals surface area (Å²) >= 11 is 0.0483. The first kappa shape index (κ1) is 42.7. The van der Waals surface area contributed by atoms with Crippen molar-refractivity contribution in [3.05, 3.63) is 232 Å². The number of aromatic nitrogens is 2. The molecular weight excluding hydrogens is 949 g/mol. The summed E-state index contributed by atoms with van der Waals surface area (Å²) in [6, 6.07) is 72.7. The van der Waals surface area contributed by atoms with Gasteiger partial charge in [0.05, 0.1) is 0 Å². The second-order valence-electron chi connectivity index (χ2n) is 22.1. The molecule has 5 heteroatoms. The first-order valence-corrected chi connectivity index (χ1v) is 29.3. The topological polar surface area (TPSA) is 13.1 Å². The molecule has 1 saturated carbocycles. The van der Waals surface area contributed by atoms with Gasteiger partial charge in [-0.05, 0) is 0 Å². The van der Waals surface area contributed by atoms with Gasteiger partial charge in [-0.25, -0.2) is 0 Å². The van der Waals surface area contributed by atoms with Crippen LogP contribution in [0.1, 0.15) is 114 Å². The summed E-state index contributed by atoms with van der Waals surface area (Å²) in [5, 5.41) is 2.86. The van der Waals surface area contributed by atoms with E-state index in [9.17, 15) is 0 Å². The van der Waals surface area contributed by atoms with Crippen LogP contribution < -0.4 is 30.2 Å². The van der Waals surface area contributed by atoms with Crippen LogP contribution in [0.5, 0.6) is 0 Å². The zero-order valence-electron chi connectivity index (χ0n) is 41.5. The van der Waals surface area contributed by atoms with Crippen LogP contribution in [0.3, 0.4) is 0 Å². The summed E-state index contributed by atoms with van der Waals surface area (Å²) in [5.41, 5.74) is 25.2. The number of para-hydroxylation sites is 3. The van der Waals surface area contributed by atoms with Crippen LogP contribution in [0.4, 0.5) is 11.4 Å². The summed E-state index contributed by atoms with van der Waals surface area (Å²) in [6.07, 6.45) is 16.0. The van der Waals surface area contributed by atoms with Gasteiger partial charge in [0, 0.05) is 0 Å². The molecule has 2 unspecified atom stereocenters. The quantitative estimate of drug-likeness (QED) is 0.157. The fourth-order valence-corrected chi connectivity index (χ4v) is 18.3. The Bertz CT molecular complexity index is 3820. The molecule has 2 atom stereocenters. The van der Waals surface area contributed by atoms with Crippen molar-refractivity contribution < 1.29 is 0 Å². The maximum atomic E-state index is 2.85. The molecule has 3 aliphatic heterocycles. The molecule has 8 aromatic carbocycles. The number of benzene rings is 8. The van der Waals surface area contributed by atoms with Gasteiger partial charge in [0.1, 0.15) is 0 Å². The zero-order valence-corrected chi connectivity index (χ0v) is 43.2. The molecule has 3 aliphatic carbocycles. The monoisotopic (exact) mass is 1010 g/mol. The van der Waals surface area contributed by atoms with Crippen molar-refractivity contribution >= 4 is 80.2 Å². The molecule has 3 nitrogen and oxygen atoms in total. The number of anilines is 2. The van der Waals surface area contributed by atoms with E-state index in [1.165, 1.54) is 163 Å². The summed E-state index contributed by atoms with van der Waals surface area (Å²) in [6.45, 7) is 0.0884. The molecule has 1 fully saturated rings. The average molecular weight is 1010 g/mol. The van der Waals surface area contributed by atoms with E-state index in [2.05, 4.69) is 196 Å². The van der Waals surface area contributed by atoms with E-state index in [0.717, 1.165) is 19.3 Å². The van der Waals surface area contributed by atoms with Gasteiger partial charge in [-0.1, -0.05) is 0 Å². The predicted molar refractivity (Wildman–Crippen MR) is 306 cm³/mol. The van der Waals surface area contributed by atoms with Crippen molar-refractivity contribution in [2.45, 2.75) is 101 Å². The molecule has 5 heterocycles. The Morgan fingerprint density at radius 1 is 0.452 bits per heavy atom. The SMILES string of the molecule is c1ccc(C2(c3ccccc3)c3cc(-n4c5c(c6ccccc64)CCCC5)ccc3B3c4ccc(-n5c6c(c7ccccc75)CCCC6)cc4[Se]c4cc(N5c6ccccc6C6CCCCCC65)cc2c43)cc1. The number of nitrogens with zero attached hydrogens (tertiary/aromatic N) is 3. The Hall–Kier alpha value is -6.78. The van der Waals surface area contributed by atoms with Gasteiger partial charge in [0.2, 0.25) is 0 Å². The van der Waals surface area contributed by atoms with E-state index in [0.29, 0.717) is 12.0 Å². The average Bonchev–Trinajstić information content (AvgIpc) is 4.01. The van der Waals surface area contributed by atoms with Crippen LogP contribution in [0.15, 0.2) is 182 Å². The van der Waals surface area contributed by atoms with Gasteiger partial charge < -0.3 is 0 Å². The Balaban J connectivity index is 1.01. The first-order chi connectivity index (χ1) is 36.2. The summed E-state index contributed by atoms with van der Waals surface area (Å²) in [5.74, 6) is 0.550. The van der Waals surface area contributed by atoms with Crippen molar-refractivity contribution in [3.8, 4) is 11.4 Å². The van der Waals surface area contributed by atoms with E-state index in [1.54, 1.807) is 21.2 Å². The Morgan fingerprint density at radius 2 is 1.01 bits per heavy atom. The third-order valence-corrected chi connectivity index (χ3v) is 20.9. The van der Waals surface area contributed by atoms with Gasteiger partial charge in [0.15, 0.2) is 0 Å². The number of hydrogen-bond acceptors (Lipinski definition) is 1. The van der Waals surface area contributed by atoms with Crippen molar-refractivity contribution in [2.24, 2.45) is 0 Å². The molecule has 73 heavy (non-hydrogen) atoms. The molecule has 6 aliphatic rings. The molecule has 0 saturated heterocycles. The summed E-state index contributed by atoms with van der Waals surface area (Å²) < 4.78 is 8.39. The molecule has 0 radical (unpaired) electrons. The number of aryl methyl sites for hydroxylation is 2. The van der Waals surface area contributed by atoms with Crippen molar-refractivity contribution in [2.75, 3.05) is 4.90 Å². The minimum atomic E-state index is -0.591. The second-order valence-corrected chi connectivity index (χ2v) is 24.4. The maximum absolute atomic E-state index is 2.85. The Morgan fingerprint density at radius 3 is 1.71 bits per heavy atom. The molecule has 0 amide bonds. The van der Waals surface area contributed by atoms with Gasteiger partial charge in [-0.2, -0.15) is 0 Å². The van der Waals surface area contributed by atoms with Gasteiger partial charge in [0.25, 0.3) is 0 Å². The minimum absolute atomic E-state index is 0.0483. The molecule has 0 N–H and O–H groups in total. The third-order valence-electron chi connectivity index (χ3n) is 18.6. The van der Waals surface area contributed by atoms with Crippen LogP contribution in [0.2, 0.25) is 0 Å². The van der Waals surface area contributed by atoms with Crippen molar-refractivity contribution in [1.82, 2.24) is 9.13 Å². The second kappa shape index (κ2) is 16.6. The molecule has 2 aromatic heterocycles. The van der Waals surface area contributed by atoms with Crippen molar-refractivity contribution in [1.29, 1.82) is 0 Å². The number of fused-ring (bicyclic) bond motifs is 13. The molecule has 10 aromatic rings.